The van der Waals surface area contributed by atoms with Crippen LogP contribution in [0.4, 0.5) is 0 Å². The topological polar surface area (TPSA) is 97.4 Å². The second-order valence-electron chi connectivity index (χ2n) is 9.24. The van der Waals surface area contributed by atoms with Crippen molar-refractivity contribution in [3.63, 3.8) is 0 Å². The molecule has 0 aliphatic rings. The van der Waals surface area contributed by atoms with Crippen molar-refractivity contribution >= 4 is 17.8 Å². The highest BCUT2D eigenvalue weighted by atomic mass is 16.5. The van der Waals surface area contributed by atoms with Crippen molar-refractivity contribution in [3.05, 3.63) is 90.9 Å². The number of allylic oxidation sites excluding steroid dienone is 10. The van der Waals surface area contributed by atoms with E-state index in [9.17, 15) is 14.4 Å². The lowest BCUT2D eigenvalue weighted by Gasteiger charge is -2.16. The predicted octanol–water partition coefficient (Wildman–Crippen LogP) is 6.56. The summed E-state index contributed by atoms with van der Waals surface area (Å²) in [6, 6.07) is 2.73. The molecule has 0 spiro atoms. The summed E-state index contributed by atoms with van der Waals surface area (Å²) in [5, 5.41) is 5.62. The van der Waals surface area contributed by atoms with Gasteiger partial charge in [0.1, 0.15) is 6.04 Å². The Bertz CT molecular complexity index is 981. The molecule has 0 aliphatic carbocycles. The lowest BCUT2D eigenvalue weighted by atomic mass is 10.1. The third-order valence-corrected chi connectivity index (χ3v) is 5.88. The minimum absolute atomic E-state index is 0.160. The molecule has 7 nitrogen and oxygen atoms in total. The van der Waals surface area contributed by atoms with Crippen LogP contribution in [0.15, 0.2) is 85.3 Å². The van der Waals surface area contributed by atoms with E-state index < -0.39 is 12.0 Å². The summed E-state index contributed by atoms with van der Waals surface area (Å²) in [7, 11) is 1.32. The van der Waals surface area contributed by atoms with Crippen LogP contribution in [0, 0.1) is 0 Å². The Morgan fingerprint density at radius 2 is 1.50 bits per heavy atom. The van der Waals surface area contributed by atoms with E-state index in [1.807, 2.05) is 0 Å². The average molecular weight is 550 g/mol. The Labute approximate surface area is 240 Å². The van der Waals surface area contributed by atoms with Crippen molar-refractivity contribution in [1.82, 2.24) is 15.6 Å². The lowest BCUT2D eigenvalue weighted by Crippen LogP contribution is -2.41. The van der Waals surface area contributed by atoms with Crippen LogP contribution in [0.25, 0.3) is 0 Å². The molecule has 0 radical (unpaired) electrons. The molecule has 0 bridgehead atoms. The molecule has 0 aliphatic heterocycles. The number of pyridine rings is 1. The minimum Gasteiger partial charge on any atom is -0.467 e. The first-order valence-corrected chi connectivity index (χ1v) is 14.4. The van der Waals surface area contributed by atoms with E-state index in [0.29, 0.717) is 44.2 Å². The zero-order valence-electron chi connectivity index (χ0n) is 24.2. The van der Waals surface area contributed by atoms with Crippen LogP contribution in [-0.4, -0.2) is 42.5 Å². The molecular weight excluding hydrogens is 502 g/mol. The number of amides is 2. The van der Waals surface area contributed by atoms with Crippen molar-refractivity contribution in [2.75, 3.05) is 13.7 Å². The van der Waals surface area contributed by atoms with E-state index in [1.165, 1.54) is 13.3 Å². The molecule has 1 atom stereocenters. The molecule has 40 heavy (non-hydrogen) atoms. The molecule has 218 valence electrons. The fourth-order valence-corrected chi connectivity index (χ4v) is 3.68. The number of aromatic nitrogens is 1. The van der Waals surface area contributed by atoms with Gasteiger partial charge in [0.2, 0.25) is 5.91 Å². The first-order valence-electron chi connectivity index (χ1n) is 14.4. The van der Waals surface area contributed by atoms with Crippen molar-refractivity contribution in [1.29, 1.82) is 0 Å². The normalized spacial score (nSPS) is 12.7. The summed E-state index contributed by atoms with van der Waals surface area (Å²) < 4.78 is 4.85. The van der Waals surface area contributed by atoms with Gasteiger partial charge in [-0.3, -0.25) is 14.6 Å². The number of hydrogen-bond acceptors (Lipinski definition) is 5. The number of ether oxygens (including phenoxy) is 1. The number of methoxy groups -OCH3 is 1. The van der Waals surface area contributed by atoms with Crippen LogP contribution < -0.4 is 10.6 Å². The van der Waals surface area contributed by atoms with Gasteiger partial charge in [-0.2, -0.15) is 0 Å². The van der Waals surface area contributed by atoms with Crippen LogP contribution in [0.2, 0.25) is 0 Å². The Hall–Kier alpha value is -3.74. The molecular formula is C33H47N3O4. The molecule has 7 heteroatoms. The standard InChI is InChI=1S/C33H47N3O4/c1-3-4-5-6-7-8-9-10-11-12-13-14-15-16-17-18-19-25-31(37)36-30(33(39)40-2)24-20-21-27-35-32(38)29-23-22-26-34-28-29/h4-5,7-8,10-11,13-14,16-17,22-23,26,28,30H,3,6,9,12,15,18-21,24-25,27H2,1-2H3,(H,35,38)(H,36,37)/b5-4-,8-7-,11-10?,14-13-,17-16-/t30-/m0/s1. The van der Waals surface area contributed by atoms with E-state index in [-0.39, 0.29) is 11.8 Å². The highest BCUT2D eigenvalue weighted by molar-refractivity contribution is 5.93. The monoisotopic (exact) mass is 549 g/mol. The van der Waals surface area contributed by atoms with Crippen molar-refractivity contribution in [3.8, 4) is 0 Å². The molecule has 0 saturated heterocycles. The van der Waals surface area contributed by atoms with Gasteiger partial charge in [-0.25, -0.2) is 4.79 Å². The Kier molecular flexibility index (Phi) is 20.8. The Morgan fingerprint density at radius 3 is 2.08 bits per heavy atom. The largest absolute Gasteiger partial charge is 0.467 e. The van der Waals surface area contributed by atoms with Gasteiger partial charge in [0.05, 0.1) is 12.7 Å². The lowest BCUT2D eigenvalue weighted by molar-refractivity contribution is -0.145. The average Bonchev–Trinajstić information content (AvgIpc) is 2.97. The molecule has 1 heterocycles. The first kappa shape index (κ1) is 34.3. The van der Waals surface area contributed by atoms with Crippen LogP contribution in [0.1, 0.15) is 87.9 Å². The third kappa shape index (κ3) is 18.5. The number of unbranched alkanes of at least 4 members (excludes halogenated alkanes) is 2. The summed E-state index contributed by atoms with van der Waals surface area (Å²) in [4.78, 5) is 40.4. The SMILES string of the molecule is CC/C=C\C/C=C\CC=CC/C=C\C/C=C\CCCC(=O)N[C@@H](CCCCNC(=O)c1cccnc1)C(=O)OC. The van der Waals surface area contributed by atoms with Gasteiger partial charge < -0.3 is 15.4 Å². The van der Waals surface area contributed by atoms with Crippen LogP contribution in [0.3, 0.4) is 0 Å². The zero-order valence-corrected chi connectivity index (χ0v) is 24.2. The Balaban J connectivity index is 2.15. The quantitative estimate of drug-likeness (QED) is 0.103. The second kappa shape index (κ2) is 24.3. The maximum absolute atomic E-state index is 12.3. The number of carbonyl (C=O) groups excluding carboxylic acids is 3. The van der Waals surface area contributed by atoms with Gasteiger partial charge in [0, 0.05) is 25.4 Å². The summed E-state index contributed by atoms with van der Waals surface area (Å²) in [6.45, 7) is 2.61. The molecule has 1 rings (SSSR count). The van der Waals surface area contributed by atoms with E-state index in [1.54, 1.807) is 18.3 Å². The van der Waals surface area contributed by atoms with Crippen LogP contribution in [-0.2, 0) is 14.3 Å². The number of hydrogen-bond donors (Lipinski definition) is 2. The van der Waals surface area contributed by atoms with Gasteiger partial charge in [-0.05, 0) is 76.3 Å². The van der Waals surface area contributed by atoms with Crippen molar-refractivity contribution < 1.29 is 19.1 Å². The first-order chi connectivity index (χ1) is 19.6. The Morgan fingerprint density at radius 1 is 0.875 bits per heavy atom. The van der Waals surface area contributed by atoms with Crippen molar-refractivity contribution in [2.24, 2.45) is 0 Å². The summed E-state index contributed by atoms with van der Waals surface area (Å²) in [6.07, 6.45) is 33.2. The summed E-state index contributed by atoms with van der Waals surface area (Å²) in [5.41, 5.74) is 0.506. The smallest absolute Gasteiger partial charge is 0.328 e. The van der Waals surface area contributed by atoms with Crippen LogP contribution in [0.5, 0.6) is 0 Å². The molecule has 0 aromatic carbocycles. The van der Waals surface area contributed by atoms with Crippen molar-refractivity contribution in [2.45, 2.75) is 83.6 Å². The fraction of sp³-hybridized carbons (Fsp3) is 0.455. The molecule has 0 saturated carbocycles. The third-order valence-electron chi connectivity index (χ3n) is 5.88. The highest BCUT2D eigenvalue weighted by Crippen LogP contribution is 2.06. The second-order valence-corrected chi connectivity index (χ2v) is 9.24. The van der Waals surface area contributed by atoms with E-state index in [4.69, 9.17) is 4.74 Å². The van der Waals surface area contributed by atoms with Gasteiger partial charge >= 0.3 is 5.97 Å². The predicted molar refractivity (Wildman–Crippen MR) is 163 cm³/mol. The number of carbonyl (C=O) groups is 3. The van der Waals surface area contributed by atoms with E-state index in [2.05, 4.69) is 83.3 Å². The number of nitrogens with zero attached hydrogens (tertiary/aromatic N) is 1. The highest BCUT2D eigenvalue weighted by Gasteiger charge is 2.20. The van der Waals surface area contributed by atoms with E-state index >= 15 is 0 Å². The maximum atomic E-state index is 12.3. The minimum atomic E-state index is -0.680. The number of nitrogens with one attached hydrogen (secondary N) is 2. The number of esters is 1. The fourth-order valence-electron chi connectivity index (χ4n) is 3.68. The zero-order chi connectivity index (χ0) is 29.1. The van der Waals surface area contributed by atoms with Gasteiger partial charge in [-0.1, -0.05) is 67.7 Å². The molecule has 0 unspecified atom stereocenters. The molecule has 1 aromatic heterocycles. The summed E-state index contributed by atoms with van der Waals surface area (Å²) in [5.74, 6) is -0.795. The van der Waals surface area contributed by atoms with Gasteiger partial charge in [0.15, 0.2) is 0 Å². The molecule has 1 aromatic rings. The van der Waals surface area contributed by atoms with Gasteiger partial charge in [0.25, 0.3) is 5.91 Å². The van der Waals surface area contributed by atoms with Crippen LogP contribution >= 0.6 is 0 Å². The molecule has 2 amide bonds. The maximum Gasteiger partial charge on any atom is 0.328 e. The molecule has 2 N–H and O–H groups in total. The summed E-state index contributed by atoms with van der Waals surface area (Å²) >= 11 is 0. The van der Waals surface area contributed by atoms with E-state index in [0.717, 1.165) is 38.5 Å². The molecule has 0 fully saturated rings. The van der Waals surface area contributed by atoms with Gasteiger partial charge in [-0.15, -0.1) is 0 Å². The number of rotatable bonds is 21.